The summed E-state index contributed by atoms with van der Waals surface area (Å²) in [4.78, 5) is 35.5. The number of amides is 1. The Morgan fingerprint density at radius 1 is 0.792 bits per heavy atom. The molecule has 250 valence electrons. The highest BCUT2D eigenvalue weighted by Gasteiger charge is 2.32. The topological polar surface area (TPSA) is 142 Å². The fourth-order valence-electron chi connectivity index (χ4n) is 5.59. The van der Waals surface area contributed by atoms with Crippen LogP contribution < -0.4 is 5.32 Å². The van der Waals surface area contributed by atoms with Crippen molar-refractivity contribution in [3.8, 4) is 11.1 Å². The first-order valence-corrected chi connectivity index (χ1v) is 16.9. The summed E-state index contributed by atoms with van der Waals surface area (Å²) in [6.45, 7) is 0.307. The molecule has 1 aliphatic heterocycles. The number of hydrogen-bond acceptors (Lipinski definition) is 7. The minimum Gasteiger partial charge on any atom is -0.481 e. The van der Waals surface area contributed by atoms with Crippen LogP contribution in [0.15, 0.2) is 102 Å². The maximum Gasteiger partial charge on any atom is 0.336 e. The lowest BCUT2D eigenvalue weighted by molar-refractivity contribution is -0.245. The van der Waals surface area contributed by atoms with E-state index in [4.69, 9.17) is 14.6 Å². The maximum absolute atomic E-state index is 12.4. The van der Waals surface area contributed by atoms with Crippen LogP contribution in [0.1, 0.15) is 77.1 Å². The highest BCUT2D eigenvalue weighted by Crippen LogP contribution is 2.40. The van der Waals surface area contributed by atoms with Gasteiger partial charge < -0.3 is 30.1 Å². The zero-order valence-corrected chi connectivity index (χ0v) is 27.2. The average Bonchev–Trinajstić information content (AvgIpc) is 3.11. The van der Waals surface area contributed by atoms with E-state index < -0.39 is 18.2 Å². The number of aliphatic hydroxyl groups is 1. The lowest BCUT2D eigenvalue weighted by Crippen LogP contribution is -2.31. The summed E-state index contributed by atoms with van der Waals surface area (Å²) in [5, 5.41) is 30.9. The Labute approximate surface area is 283 Å². The van der Waals surface area contributed by atoms with Crippen molar-refractivity contribution in [2.45, 2.75) is 68.6 Å². The quantitative estimate of drug-likeness (QED) is 0.0767. The monoisotopic (exact) mass is 669 g/mol. The number of hydrogen-bond donors (Lipinski definition) is 4. The molecule has 5 rings (SSSR count). The zero-order valence-electron chi connectivity index (χ0n) is 26.4. The third-order valence-corrected chi connectivity index (χ3v) is 9.39. The highest BCUT2D eigenvalue weighted by atomic mass is 32.2. The number of benzene rings is 4. The minimum absolute atomic E-state index is 0.0454. The molecule has 0 bridgehead atoms. The molecule has 1 heterocycles. The van der Waals surface area contributed by atoms with Crippen LogP contribution in [0.5, 0.6) is 0 Å². The predicted molar refractivity (Wildman–Crippen MR) is 182 cm³/mol. The molecule has 4 aromatic rings. The number of carboxylic acid groups (broad SMARTS) is 2. The Bertz CT molecular complexity index is 1690. The first-order chi connectivity index (χ1) is 23.3. The van der Waals surface area contributed by atoms with Crippen molar-refractivity contribution >= 4 is 29.6 Å². The van der Waals surface area contributed by atoms with Gasteiger partial charge in [-0.05, 0) is 52.8 Å². The largest absolute Gasteiger partial charge is 0.481 e. The Hall–Kier alpha value is -4.48. The summed E-state index contributed by atoms with van der Waals surface area (Å²) in [6.07, 6.45) is 0.744. The standard InChI is InChI=1S/C38H39NO8S/c40-23-25-13-15-27(16-14-25)33-21-30(24-48-34-10-4-3-9-32(34)37(44)45)46-38(47-33)28-19-17-26(18-20-28)31-8-2-1-7-29(31)22-39-35(41)11-5-6-12-36(42)43/h1-4,7-10,13-20,30,33,38,40H,5-6,11-12,21-24H2,(H,39,41)(H,42,43)(H,44,45)/t30-,33+,38+/m0/s1. The van der Waals surface area contributed by atoms with Gasteiger partial charge >= 0.3 is 11.9 Å². The van der Waals surface area contributed by atoms with Crippen molar-refractivity contribution in [1.82, 2.24) is 5.32 Å². The second kappa shape index (κ2) is 17.1. The molecule has 0 unspecified atom stereocenters. The van der Waals surface area contributed by atoms with Crippen molar-refractivity contribution < 1.29 is 39.2 Å². The number of carbonyl (C=O) groups excluding carboxylic acids is 1. The molecule has 48 heavy (non-hydrogen) atoms. The first-order valence-electron chi connectivity index (χ1n) is 15.9. The Balaban J connectivity index is 1.29. The molecule has 3 atom stereocenters. The number of ether oxygens (including phenoxy) is 2. The van der Waals surface area contributed by atoms with Gasteiger partial charge in [-0.25, -0.2) is 4.79 Å². The smallest absolute Gasteiger partial charge is 0.336 e. The lowest BCUT2D eigenvalue weighted by atomic mass is 9.97. The van der Waals surface area contributed by atoms with E-state index in [1.807, 2.05) is 78.9 Å². The van der Waals surface area contributed by atoms with Crippen molar-refractivity contribution in [2.24, 2.45) is 0 Å². The number of carboxylic acids is 2. The second-order valence-electron chi connectivity index (χ2n) is 11.6. The van der Waals surface area contributed by atoms with Gasteiger partial charge in [0.1, 0.15) is 0 Å². The van der Waals surface area contributed by atoms with E-state index in [9.17, 15) is 24.6 Å². The highest BCUT2D eigenvalue weighted by molar-refractivity contribution is 7.99. The molecular weight excluding hydrogens is 630 g/mol. The Morgan fingerprint density at radius 2 is 1.48 bits per heavy atom. The average molecular weight is 670 g/mol. The van der Waals surface area contributed by atoms with Gasteiger partial charge in [0.05, 0.1) is 24.4 Å². The van der Waals surface area contributed by atoms with Crippen molar-refractivity contribution in [3.63, 3.8) is 0 Å². The molecule has 4 aromatic carbocycles. The lowest BCUT2D eigenvalue weighted by Gasteiger charge is -2.36. The van der Waals surface area contributed by atoms with E-state index >= 15 is 0 Å². The number of aliphatic hydroxyl groups excluding tert-OH is 1. The summed E-state index contributed by atoms with van der Waals surface area (Å²) < 4.78 is 13.0. The molecule has 0 saturated carbocycles. The van der Waals surface area contributed by atoms with Gasteiger partial charge in [-0.1, -0.05) is 84.9 Å². The third kappa shape index (κ3) is 9.54. The molecule has 1 fully saturated rings. The number of aliphatic carboxylic acids is 1. The Kier molecular flexibility index (Phi) is 12.4. The minimum atomic E-state index is -0.970. The Morgan fingerprint density at radius 3 is 2.21 bits per heavy atom. The summed E-state index contributed by atoms with van der Waals surface area (Å²) in [6, 6.07) is 30.4. The van der Waals surface area contributed by atoms with Crippen molar-refractivity contribution in [2.75, 3.05) is 5.75 Å². The number of nitrogens with one attached hydrogen (secondary N) is 1. The zero-order chi connectivity index (χ0) is 33.9. The SMILES string of the molecule is O=C(O)CCCCC(=O)NCc1ccccc1-c1ccc([C@@H]2O[C@H](CSc3ccccc3C(=O)O)C[C@H](c3ccc(CO)cc3)O2)cc1. The van der Waals surface area contributed by atoms with Crippen molar-refractivity contribution in [3.05, 3.63) is 125 Å². The van der Waals surface area contributed by atoms with E-state index in [1.165, 1.54) is 11.8 Å². The number of rotatable bonds is 15. The van der Waals surface area contributed by atoms with Crippen LogP contribution >= 0.6 is 11.8 Å². The van der Waals surface area contributed by atoms with Gasteiger partial charge in [0, 0.05) is 42.0 Å². The van der Waals surface area contributed by atoms with E-state index in [-0.39, 0.29) is 43.1 Å². The van der Waals surface area contributed by atoms with Crippen LogP contribution in [-0.4, -0.2) is 45.0 Å². The molecule has 0 aliphatic carbocycles. The molecule has 0 spiro atoms. The molecule has 1 amide bonds. The summed E-state index contributed by atoms with van der Waals surface area (Å²) >= 11 is 1.45. The van der Waals surface area contributed by atoms with E-state index in [1.54, 1.807) is 18.2 Å². The molecule has 0 aromatic heterocycles. The maximum atomic E-state index is 12.4. The van der Waals surface area contributed by atoms with Gasteiger partial charge in [-0.15, -0.1) is 11.8 Å². The number of unbranched alkanes of at least 4 members (excludes halogenated alkanes) is 1. The second-order valence-corrected chi connectivity index (χ2v) is 12.7. The summed E-state index contributed by atoms with van der Waals surface area (Å²) in [7, 11) is 0. The first kappa shape index (κ1) is 34.8. The van der Waals surface area contributed by atoms with Crippen LogP contribution in [0.4, 0.5) is 0 Å². The van der Waals surface area contributed by atoms with Gasteiger partial charge in [0.2, 0.25) is 5.91 Å². The normalized spacial score (nSPS) is 17.5. The van der Waals surface area contributed by atoms with E-state index in [0.717, 1.165) is 33.4 Å². The van der Waals surface area contributed by atoms with Gasteiger partial charge in [0.25, 0.3) is 0 Å². The van der Waals surface area contributed by atoms with Crippen LogP contribution in [0.25, 0.3) is 11.1 Å². The molecule has 1 saturated heterocycles. The summed E-state index contributed by atoms with van der Waals surface area (Å²) in [5.41, 5.74) is 5.78. The molecule has 4 N–H and O–H groups in total. The summed E-state index contributed by atoms with van der Waals surface area (Å²) in [5.74, 6) is -1.41. The molecule has 9 nitrogen and oxygen atoms in total. The number of aromatic carboxylic acids is 1. The van der Waals surface area contributed by atoms with Crippen molar-refractivity contribution in [1.29, 1.82) is 0 Å². The fourth-order valence-corrected chi connectivity index (χ4v) is 6.66. The van der Waals surface area contributed by atoms with Crippen LogP contribution in [0, 0.1) is 0 Å². The van der Waals surface area contributed by atoms with Gasteiger partial charge in [0.15, 0.2) is 6.29 Å². The predicted octanol–water partition coefficient (Wildman–Crippen LogP) is 7.14. The van der Waals surface area contributed by atoms with Crippen LogP contribution in [-0.2, 0) is 32.2 Å². The van der Waals surface area contributed by atoms with Gasteiger partial charge in [-0.2, -0.15) is 0 Å². The fraction of sp³-hybridized carbons (Fsp3) is 0.289. The van der Waals surface area contributed by atoms with E-state index in [2.05, 4.69) is 5.32 Å². The van der Waals surface area contributed by atoms with Crippen LogP contribution in [0.3, 0.4) is 0 Å². The molecular formula is C38H39NO8S. The third-order valence-electron chi connectivity index (χ3n) is 8.19. The molecule has 0 radical (unpaired) electrons. The number of carbonyl (C=O) groups is 3. The van der Waals surface area contributed by atoms with Crippen LogP contribution in [0.2, 0.25) is 0 Å². The van der Waals surface area contributed by atoms with E-state index in [0.29, 0.717) is 36.5 Å². The van der Waals surface area contributed by atoms with Gasteiger partial charge in [-0.3, -0.25) is 9.59 Å². The molecule has 1 aliphatic rings. The molecule has 10 heteroatoms. The number of thioether (sulfide) groups is 1.